The van der Waals surface area contributed by atoms with E-state index in [9.17, 15) is 9.59 Å². The standard InChI is InChI=1S/C18H14N2O4/c21-17-10-20(14-4-2-1-3-13(14)19-17)18(22)8-6-12-5-7-15-16(9-12)24-11-23-15/h1-9H,10-11H2,(H,19,21). The minimum Gasteiger partial charge on any atom is -0.454 e. The molecule has 4 rings (SSSR count). The first-order valence-electron chi connectivity index (χ1n) is 7.49. The van der Waals surface area contributed by atoms with Crippen molar-refractivity contribution in [1.29, 1.82) is 0 Å². The van der Waals surface area contributed by atoms with E-state index in [2.05, 4.69) is 5.32 Å². The van der Waals surface area contributed by atoms with E-state index in [0.717, 1.165) is 5.56 Å². The second kappa shape index (κ2) is 5.73. The van der Waals surface area contributed by atoms with Gasteiger partial charge in [0, 0.05) is 6.08 Å². The Morgan fingerprint density at radius 3 is 2.88 bits per heavy atom. The molecule has 0 saturated carbocycles. The van der Waals surface area contributed by atoms with Crippen molar-refractivity contribution in [3.8, 4) is 11.5 Å². The molecule has 0 atom stereocenters. The molecule has 0 unspecified atom stereocenters. The third kappa shape index (κ3) is 2.58. The number of para-hydroxylation sites is 2. The third-order valence-corrected chi connectivity index (χ3v) is 3.85. The summed E-state index contributed by atoms with van der Waals surface area (Å²) in [6, 6.07) is 12.7. The zero-order valence-corrected chi connectivity index (χ0v) is 12.7. The van der Waals surface area contributed by atoms with E-state index in [1.54, 1.807) is 24.3 Å². The van der Waals surface area contributed by atoms with Crippen molar-refractivity contribution < 1.29 is 19.1 Å². The first-order valence-corrected chi connectivity index (χ1v) is 7.49. The average molecular weight is 322 g/mol. The molecule has 2 aromatic rings. The molecular weight excluding hydrogens is 308 g/mol. The number of carbonyl (C=O) groups excluding carboxylic acids is 2. The van der Waals surface area contributed by atoms with E-state index in [0.29, 0.717) is 22.9 Å². The molecule has 2 aliphatic heterocycles. The summed E-state index contributed by atoms with van der Waals surface area (Å²) in [7, 11) is 0. The van der Waals surface area contributed by atoms with Gasteiger partial charge in [-0.05, 0) is 35.9 Å². The summed E-state index contributed by atoms with van der Waals surface area (Å²) in [6.07, 6.45) is 3.15. The zero-order valence-electron chi connectivity index (χ0n) is 12.7. The molecule has 0 aliphatic carbocycles. The number of hydrogen-bond acceptors (Lipinski definition) is 4. The van der Waals surface area contributed by atoms with E-state index in [4.69, 9.17) is 9.47 Å². The van der Waals surface area contributed by atoms with Gasteiger partial charge in [-0.1, -0.05) is 18.2 Å². The minimum absolute atomic E-state index is 0.00132. The normalized spacial score (nSPS) is 15.3. The monoisotopic (exact) mass is 322 g/mol. The number of nitrogens with one attached hydrogen (secondary N) is 1. The van der Waals surface area contributed by atoms with Crippen LogP contribution in [-0.4, -0.2) is 25.2 Å². The van der Waals surface area contributed by atoms with Crippen LogP contribution in [0.2, 0.25) is 0 Å². The van der Waals surface area contributed by atoms with Gasteiger partial charge in [0.2, 0.25) is 12.7 Å². The van der Waals surface area contributed by atoms with Gasteiger partial charge in [-0.3, -0.25) is 14.5 Å². The number of rotatable bonds is 2. The molecule has 0 saturated heterocycles. The second-order valence-electron chi connectivity index (χ2n) is 5.44. The minimum atomic E-state index is -0.255. The smallest absolute Gasteiger partial charge is 0.251 e. The van der Waals surface area contributed by atoms with Crippen LogP contribution in [0.4, 0.5) is 11.4 Å². The third-order valence-electron chi connectivity index (χ3n) is 3.85. The molecule has 0 aromatic heterocycles. The predicted molar refractivity (Wildman–Crippen MR) is 89.0 cm³/mol. The first-order chi connectivity index (χ1) is 11.7. The lowest BCUT2D eigenvalue weighted by molar-refractivity contribution is -0.119. The summed E-state index contributed by atoms with van der Waals surface area (Å²) >= 11 is 0. The molecule has 2 aliphatic rings. The van der Waals surface area contributed by atoms with Crippen LogP contribution in [0.15, 0.2) is 48.5 Å². The Labute approximate surface area is 138 Å². The van der Waals surface area contributed by atoms with Crippen molar-refractivity contribution in [1.82, 2.24) is 0 Å². The van der Waals surface area contributed by atoms with Crippen molar-refractivity contribution >= 4 is 29.3 Å². The maximum absolute atomic E-state index is 12.5. The van der Waals surface area contributed by atoms with Gasteiger partial charge < -0.3 is 14.8 Å². The molecule has 2 aromatic carbocycles. The average Bonchev–Trinajstić information content (AvgIpc) is 3.06. The topological polar surface area (TPSA) is 67.9 Å². The number of carbonyl (C=O) groups is 2. The van der Waals surface area contributed by atoms with Crippen LogP contribution in [0.3, 0.4) is 0 Å². The van der Waals surface area contributed by atoms with Crippen LogP contribution in [0.25, 0.3) is 6.08 Å². The maximum Gasteiger partial charge on any atom is 0.251 e. The Balaban J connectivity index is 1.57. The van der Waals surface area contributed by atoms with Crippen molar-refractivity contribution in [2.24, 2.45) is 0 Å². The van der Waals surface area contributed by atoms with Crippen LogP contribution in [0, 0.1) is 0 Å². The van der Waals surface area contributed by atoms with Gasteiger partial charge >= 0.3 is 0 Å². The molecular formula is C18H14N2O4. The van der Waals surface area contributed by atoms with Gasteiger partial charge in [-0.15, -0.1) is 0 Å². The Hall–Kier alpha value is -3.28. The molecule has 24 heavy (non-hydrogen) atoms. The fraction of sp³-hybridized carbons (Fsp3) is 0.111. The quantitative estimate of drug-likeness (QED) is 0.862. The van der Waals surface area contributed by atoms with E-state index in [1.807, 2.05) is 24.3 Å². The largest absolute Gasteiger partial charge is 0.454 e. The van der Waals surface area contributed by atoms with E-state index in [1.165, 1.54) is 11.0 Å². The molecule has 0 spiro atoms. The number of anilines is 2. The number of ether oxygens (including phenoxy) is 2. The first kappa shape index (κ1) is 14.3. The number of amides is 2. The van der Waals surface area contributed by atoms with Crippen molar-refractivity contribution in [3.05, 3.63) is 54.1 Å². The Morgan fingerprint density at radius 2 is 1.96 bits per heavy atom. The number of nitrogens with zero attached hydrogens (tertiary/aromatic N) is 1. The predicted octanol–water partition coefficient (Wildman–Crippen LogP) is 2.41. The van der Waals surface area contributed by atoms with Gasteiger partial charge in [0.25, 0.3) is 5.91 Å². The molecule has 0 radical (unpaired) electrons. The summed E-state index contributed by atoms with van der Waals surface area (Å²) in [5, 5.41) is 2.76. The van der Waals surface area contributed by atoms with E-state index < -0.39 is 0 Å². The SMILES string of the molecule is O=C1CN(C(=O)C=Cc2ccc3c(c2)OCO3)c2ccccc2N1. The van der Waals surface area contributed by atoms with E-state index >= 15 is 0 Å². The van der Waals surface area contributed by atoms with Crippen molar-refractivity contribution in [2.45, 2.75) is 0 Å². The lowest BCUT2D eigenvalue weighted by Crippen LogP contribution is -2.41. The fourth-order valence-electron chi connectivity index (χ4n) is 2.70. The van der Waals surface area contributed by atoms with Gasteiger partial charge in [-0.2, -0.15) is 0 Å². The molecule has 1 N–H and O–H groups in total. The molecule has 6 nitrogen and oxygen atoms in total. The number of benzene rings is 2. The highest BCUT2D eigenvalue weighted by atomic mass is 16.7. The highest BCUT2D eigenvalue weighted by Crippen LogP contribution is 2.33. The summed E-state index contributed by atoms with van der Waals surface area (Å²) in [5.41, 5.74) is 2.15. The van der Waals surface area contributed by atoms with Gasteiger partial charge in [-0.25, -0.2) is 0 Å². The van der Waals surface area contributed by atoms with Crippen LogP contribution < -0.4 is 19.7 Å². The Bertz CT molecular complexity index is 860. The van der Waals surface area contributed by atoms with Gasteiger partial charge in [0.05, 0.1) is 11.4 Å². The second-order valence-corrected chi connectivity index (χ2v) is 5.44. The molecule has 2 heterocycles. The van der Waals surface area contributed by atoms with Crippen LogP contribution in [-0.2, 0) is 9.59 Å². The van der Waals surface area contributed by atoms with Crippen LogP contribution in [0.5, 0.6) is 11.5 Å². The number of hydrogen-bond donors (Lipinski definition) is 1. The van der Waals surface area contributed by atoms with Gasteiger partial charge in [0.1, 0.15) is 6.54 Å². The number of fused-ring (bicyclic) bond motifs is 2. The van der Waals surface area contributed by atoms with E-state index in [-0.39, 0.29) is 25.2 Å². The fourth-order valence-corrected chi connectivity index (χ4v) is 2.70. The highest BCUT2D eigenvalue weighted by Gasteiger charge is 2.25. The van der Waals surface area contributed by atoms with Gasteiger partial charge in [0.15, 0.2) is 11.5 Å². The lowest BCUT2D eigenvalue weighted by atomic mass is 10.1. The molecule has 120 valence electrons. The Morgan fingerprint density at radius 1 is 1.12 bits per heavy atom. The molecule has 0 fully saturated rings. The zero-order chi connectivity index (χ0) is 16.5. The lowest BCUT2D eigenvalue weighted by Gasteiger charge is -2.28. The summed E-state index contributed by atoms with van der Waals surface area (Å²) in [6.45, 7) is 0.211. The molecule has 2 amide bonds. The molecule has 0 bridgehead atoms. The van der Waals surface area contributed by atoms with Crippen LogP contribution in [0.1, 0.15) is 5.56 Å². The van der Waals surface area contributed by atoms with Crippen molar-refractivity contribution in [3.63, 3.8) is 0 Å². The van der Waals surface area contributed by atoms with Crippen LogP contribution >= 0.6 is 0 Å². The summed E-state index contributed by atoms with van der Waals surface area (Å²) in [4.78, 5) is 25.8. The maximum atomic E-state index is 12.5. The summed E-state index contributed by atoms with van der Waals surface area (Å²) < 4.78 is 10.6. The highest BCUT2D eigenvalue weighted by molar-refractivity contribution is 6.13. The summed E-state index contributed by atoms with van der Waals surface area (Å²) in [5.74, 6) is 0.890. The van der Waals surface area contributed by atoms with Crippen molar-refractivity contribution in [2.75, 3.05) is 23.6 Å². The molecule has 6 heteroatoms. The Kier molecular flexibility index (Phi) is 3.42.